The summed E-state index contributed by atoms with van der Waals surface area (Å²) >= 11 is 0. The number of rotatable bonds is 3. The molecule has 18 heavy (non-hydrogen) atoms. The molecule has 1 aromatic rings. The summed E-state index contributed by atoms with van der Waals surface area (Å²) in [5.41, 5.74) is 6.53. The van der Waals surface area contributed by atoms with E-state index in [1.54, 1.807) is 15.8 Å². The lowest BCUT2D eigenvalue weighted by Gasteiger charge is -2.34. The molecular weight excluding hydrogens is 232 g/mol. The van der Waals surface area contributed by atoms with Crippen LogP contribution in [0.2, 0.25) is 0 Å². The van der Waals surface area contributed by atoms with Crippen LogP contribution in [0.4, 0.5) is 5.69 Å². The van der Waals surface area contributed by atoms with E-state index < -0.39 is 0 Å². The third kappa shape index (κ3) is 2.33. The second-order valence-corrected chi connectivity index (χ2v) is 4.62. The Hall–Kier alpha value is -1.56. The molecule has 0 spiro atoms. The van der Waals surface area contributed by atoms with E-state index in [0.717, 1.165) is 19.3 Å². The van der Waals surface area contributed by atoms with Gasteiger partial charge in [-0.1, -0.05) is 0 Å². The fourth-order valence-corrected chi connectivity index (χ4v) is 2.36. The molecule has 1 aliphatic heterocycles. The summed E-state index contributed by atoms with van der Waals surface area (Å²) < 4.78 is 1.65. The average Bonchev–Trinajstić information content (AvgIpc) is 2.79. The minimum atomic E-state index is -0.168. The lowest BCUT2D eigenvalue weighted by Crippen LogP contribution is -2.46. The number of carbonyl (C=O) groups excluding carboxylic acids is 1. The summed E-state index contributed by atoms with van der Waals surface area (Å²) in [6, 6.07) is -0.0996. The van der Waals surface area contributed by atoms with Gasteiger partial charge in [-0.2, -0.15) is 5.10 Å². The van der Waals surface area contributed by atoms with E-state index in [-0.39, 0.29) is 18.6 Å². The van der Waals surface area contributed by atoms with Gasteiger partial charge in [0.1, 0.15) is 0 Å². The number of aryl methyl sites for hydroxylation is 1. The van der Waals surface area contributed by atoms with Gasteiger partial charge in [0.25, 0.3) is 5.91 Å². The van der Waals surface area contributed by atoms with Gasteiger partial charge in [-0.3, -0.25) is 9.48 Å². The monoisotopic (exact) mass is 252 g/mol. The summed E-state index contributed by atoms with van der Waals surface area (Å²) in [5.74, 6) is -0.168. The van der Waals surface area contributed by atoms with Crippen LogP contribution in [-0.4, -0.2) is 44.9 Å². The van der Waals surface area contributed by atoms with Crippen molar-refractivity contribution in [1.82, 2.24) is 14.7 Å². The number of piperidine rings is 1. The van der Waals surface area contributed by atoms with Crippen molar-refractivity contribution in [2.24, 2.45) is 0 Å². The maximum Gasteiger partial charge on any atom is 0.276 e. The zero-order chi connectivity index (χ0) is 13.1. The highest BCUT2D eigenvalue weighted by Gasteiger charge is 2.29. The van der Waals surface area contributed by atoms with Gasteiger partial charge in [0.05, 0.1) is 18.3 Å². The fourth-order valence-electron chi connectivity index (χ4n) is 2.36. The molecule has 0 bridgehead atoms. The predicted octanol–water partition coefficient (Wildman–Crippen LogP) is 0.472. The highest BCUT2D eigenvalue weighted by Crippen LogP contribution is 2.21. The Morgan fingerprint density at radius 2 is 2.39 bits per heavy atom. The fraction of sp³-hybridized carbons (Fsp3) is 0.667. The molecule has 0 saturated carbocycles. The van der Waals surface area contributed by atoms with Crippen LogP contribution in [0.3, 0.4) is 0 Å². The summed E-state index contributed by atoms with van der Waals surface area (Å²) in [5, 5.41) is 13.5. The van der Waals surface area contributed by atoms with Gasteiger partial charge in [0.2, 0.25) is 0 Å². The minimum Gasteiger partial charge on any atom is -0.396 e. The van der Waals surface area contributed by atoms with Crippen molar-refractivity contribution < 1.29 is 9.90 Å². The number of carbonyl (C=O) groups is 1. The van der Waals surface area contributed by atoms with Crippen molar-refractivity contribution in [2.45, 2.75) is 38.8 Å². The summed E-state index contributed by atoms with van der Waals surface area (Å²) in [4.78, 5) is 14.1. The maximum absolute atomic E-state index is 12.4. The number of anilines is 1. The van der Waals surface area contributed by atoms with E-state index in [1.165, 1.54) is 0 Å². The molecule has 1 atom stereocenters. The first-order chi connectivity index (χ1) is 8.67. The minimum absolute atomic E-state index is 0.000130. The van der Waals surface area contributed by atoms with Gasteiger partial charge < -0.3 is 15.7 Å². The van der Waals surface area contributed by atoms with Gasteiger partial charge >= 0.3 is 0 Å². The molecule has 1 unspecified atom stereocenters. The van der Waals surface area contributed by atoms with Crippen LogP contribution in [0.1, 0.15) is 36.7 Å². The third-order valence-electron chi connectivity index (χ3n) is 3.42. The van der Waals surface area contributed by atoms with Gasteiger partial charge in [-0.05, 0) is 26.2 Å². The summed E-state index contributed by atoms with van der Waals surface area (Å²) in [6.07, 6.45) is 4.53. The van der Waals surface area contributed by atoms with Crippen LogP contribution in [-0.2, 0) is 6.54 Å². The summed E-state index contributed by atoms with van der Waals surface area (Å²) in [7, 11) is 0. The smallest absolute Gasteiger partial charge is 0.276 e. The Morgan fingerprint density at radius 3 is 3.00 bits per heavy atom. The number of nitrogen functional groups attached to an aromatic ring is 1. The van der Waals surface area contributed by atoms with Crippen LogP contribution >= 0.6 is 0 Å². The average molecular weight is 252 g/mol. The van der Waals surface area contributed by atoms with Crippen LogP contribution in [0.15, 0.2) is 6.20 Å². The molecule has 6 nitrogen and oxygen atoms in total. The molecule has 3 N–H and O–H groups in total. The zero-order valence-corrected chi connectivity index (χ0v) is 10.7. The van der Waals surface area contributed by atoms with Crippen molar-refractivity contribution in [2.75, 3.05) is 18.9 Å². The SMILES string of the molecule is CCn1cc(N)c(C(=O)N2CCCCC2CO)n1. The topological polar surface area (TPSA) is 84.4 Å². The molecule has 0 aromatic carbocycles. The standard InChI is InChI=1S/C12H20N4O2/c1-2-15-7-10(13)11(14-15)12(18)16-6-4-3-5-9(16)8-17/h7,9,17H,2-6,8,13H2,1H3. The number of hydrogen-bond donors (Lipinski definition) is 2. The molecular formula is C12H20N4O2. The van der Waals surface area contributed by atoms with Crippen molar-refractivity contribution in [1.29, 1.82) is 0 Å². The van der Waals surface area contributed by atoms with E-state index in [0.29, 0.717) is 24.5 Å². The molecule has 1 fully saturated rings. The number of amides is 1. The van der Waals surface area contributed by atoms with Gasteiger partial charge in [-0.15, -0.1) is 0 Å². The van der Waals surface area contributed by atoms with Crippen molar-refractivity contribution in [3.05, 3.63) is 11.9 Å². The lowest BCUT2D eigenvalue weighted by atomic mass is 10.0. The Balaban J connectivity index is 2.20. The number of nitrogens with two attached hydrogens (primary N) is 1. The van der Waals surface area contributed by atoms with Crippen molar-refractivity contribution >= 4 is 11.6 Å². The molecule has 100 valence electrons. The number of nitrogens with zero attached hydrogens (tertiary/aromatic N) is 3. The second-order valence-electron chi connectivity index (χ2n) is 4.62. The normalized spacial score (nSPS) is 20.1. The van der Waals surface area contributed by atoms with Crippen LogP contribution in [0, 0.1) is 0 Å². The molecule has 1 aromatic heterocycles. The molecule has 6 heteroatoms. The highest BCUT2D eigenvalue weighted by atomic mass is 16.3. The van der Waals surface area contributed by atoms with E-state index in [2.05, 4.69) is 5.10 Å². The molecule has 1 aliphatic rings. The van der Waals surface area contributed by atoms with Crippen molar-refractivity contribution in [3.63, 3.8) is 0 Å². The molecule has 2 rings (SSSR count). The quantitative estimate of drug-likeness (QED) is 0.819. The molecule has 1 amide bonds. The van der Waals surface area contributed by atoms with Gasteiger partial charge in [-0.25, -0.2) is 0 Å². The third-order valence-corrected chi connectivity index (χ3v) is 3.42. The molecule has 1 saturated heterocycles. The largest absolute Gasteiger partial charge is 0.396 e. The number of aromatic nitrogens is 2. The second kappa shape index (κ2) is 5.39. The summed E-state index contributed by atoms with van der Waals surface area (Å²) in [6.45, 7) is 3.29. The Labute approximate surface area is 106 Å². The van der Waals surface area contributed by atoms with Crippen LogP contribution < -0.4 is 5.73 Å². The van der Waals surface area contributed by atoms with E-state index in [1.807, 2.05) is 6.92 Å². The van der Waals surface area contributed by atoms with E-state index in [4.69, 9.17) is 5.73 Å². The van der Waals surface area contributed by atoms with E-state index in [9.17, 15) is 9.90 Å². The number of aliphatic hydroxyl groups excluding tert-OH is 1. The first-order valence-corrected chi connectivity index (χ1v) is 6.42. The highest BCUT2D eigenvalue weighted by molar-refractivity contribution is 5.97. The van der Waals surface area contributed by atoms with Crippen LogP contribution in [0.5, 0.6) is 0 Å². The first-order valence-electron chi connectivity index (χ1n) is 6.42. The van der Waals surface area contributed by atoms with Crippen LogP contribution in [0.25, 0.3) is 0 Å². The number of likely N-dealkylation sites (tertiary alicyclic amines) is 1. The van der Waals surface area contributed by atoms with Gasteiger partial charge in [0, 0.05) is 19.3 Å². The first kappa shape index (κ1) is 12.9. The molecule has 0 radical (unpaired) electrons. The maximum atomic E-state index is 12.4. The molecule has 2 heterocycles. The zero-order valence-electron chi connectivity index (χ0n) is 10.7. The number of hydrogen-bond acceptors (Lipinski definition) is 4. The van der Waals surface area contributed by atoms with E-state index >= 15 is 0 Å². The predicted molar refractivity (Wildman–Crippen MR) is 68.1 cm³/mol. The number of aliphatic hydroxyl groups is 1. The Bertz CT molecular complexity index is 430. The molecule has 0 aliphatic carbocycles. The Kier molecular flexibility index (Phi) is 3.86. The van der Waals surface area contributed by atoms with Gasteiger partial charge in [0.15, 0.2) is 5.69 Å². The Morgan fingerprint density at radius 1 is 1.61 bits per heavy atom. The van der Waals surface area contributed by atoms with Crippen molar-refractivity contribution in [3.8, 4) is 0 Å². The lowest BCUT2D eigenvalue weighted by molar-refractivity contribution is 0.0497.